The summed E-state index contributed by atoms with van der Waals surface area (Å²) in [4.78, 5) is 0. The molecule has 1 atom stereocenters. The molecule has 0 heterocycles. The van der Waals surface area contributed by atoms with Gasteiger partial charge in [-0.2, -0.15) is 26.3 Å². The second-order valence-corrected chi connectivity index (χ2v) is 7.71. The van der Waals surface area contributed by atoms with Crippen LogP contribution in [0.25, 0.3) is 27.1 Å². The summed E-state index contributed by atoms with van der Waals surface area (Å²) < 4.78 is 81.3. The lowest BCUT2D eigenvalue weighted by molar-refractivity contribution is -0.165. The van der Waals surface area contributed by atoms with Crippen molar-refractivity contribution in [3.8, 4) is 0 Å². The molecule has 4 rings (SSSR count). The molecule has 0 saturated carbocycles. The standard InChI is InChI=1S/C22H13BrF6/c23-20-17-7-3-1-5-15(17)19(16-6-2-4-8-18(16)20)12-9-13(21(24,25)26)11-14(10-12)22(27,28)29/h1-10,13H,11H2. The smallest absolute Gasteiger partial charge is 0.170 e. The lowest BCUT2D eigenvalue weighted by Gasteiger charge is -2.26. The van der Waals surface area contributed by atoms with Crippen LogP contribution < -0.4 is 0 Å². The molecule has 3 aromatic carbocycles. The molecule has 1 unspecified atom stereocenters. The first kappa shape index (κ1) is 20.0. The van der Waals surface area contributed by atoms with Crippen molar-refractivity contribution in [2.45, 2.75) is 18.8 Å². The van der Waals surface area contributed by atoms with Crippen LogP contribution in [0.2, 0.25) is 0 Å². The van der Waals surface area contributed by atoms with Gasteiger partial charge < -0.3 is 0 Å². The van der Waals surface area contributed by atoms with E-state index in [-0.39, 0.29) is 5.57 Å². The minimum absolute atomic E-state index is 0.0641. The van der Waals surface area contributed by atoms with Crippen LogP contribution in [-0.4, -0.2) is 12.4 Å². The third-order valence-electron chi connectivity index (χ3n) is 5.09. The lowest BCUT2D eigenvalue weighted by atomic mass is 9.83. The Balaban J connectivity index is 2.10. The molecule has 1 aliphatic carbocycles. The van der Waals surface area contributed by atoms with E-state index in [1.807, 2.05) is 0 Å². The molecular weight excluding hydrogens is 458 g/mol. The van der Waals surface area contributed by atoms with E-state index < -0.39 is 30.3 Å². The Morgan fingerprint density at radius 3 is 1.69 bits per heavy atom. The zero-order valence-corrected chi connectivity index (χ0v) is 16.3. The molecule has 1 aliphatic rings. The van der Waals surface area contributed by atoms with Crippen LogP contribution in [0, 0.1) is 5.92 Å². The summed E-state index contributed by atoms with van der Waals surface area (Å²) in [6.45, 7) is 0. The van der Waals surface area contributed by atoms with E-state index in [4.69, 9.17) is 0 Å². The molecule has 0 amide bonds. The van der Waals surface area contributed by atoms with Gasteiger partial charge in [0.2, 0.25) is 0 Å². The number of hydrogen-bond acceptors (Lipinski definition) is 0. The number of alkyl halides is 6. The van der Waals surface area contributed by atoms with Gasteiger partial charge in [0.1, 0.15) is 0 Å². The Bertz CT molecular complexity index is 1110. The molecule has 0 saturated heterocycles. The molecular formula is C22H13BrF6. The summed E-state index contributed by atoms with van der Waals surface area (Å²) in [6.07, 6.45) is -8.94. The van der Waals surface area contributed by atoms with E-state index in [0.717, 1.165) is 27.4 Å². The van der Waals surface area contributed by atoms with Gasteiger partial charge in [0.15, 0.2) is 0 Å². The van der Waals surface area contributed by atoms with Gasteiger partial charge in [-0.25, -0.2) is 0 Å². The van der Waals surface area contributed by atoms with Crippen molar-refractivity contribution < 1.29 is 26.3 Å². The van der Waals surface area contributed by atoms with Crippen LogP contribution in [0.3, 0.4) is 0 Å². The highest BCUT2D eigenvalue weighted by atomic mass is 79.9. The highest BCUT2D eigenvalue weighted by Gasteiger charge is 2.45. The Morgan fingerprint density at radius 2 is 1.24 bits per heavy atom. The molecule has 150 valence electrons. The van der Waals surface area contributed by atoms with Crippen LogP contribution in [0.4, 0.5) is 26.3 Å². The molecule has 7 heteroatoms. The van der Waals surface area contributed by atoms with Crippen LogP contribution in [0.1, 0.15) is 12.0 Å². The molecule has 0 aromatic heterocycles. The van der Waals surface area contributed by atoms with Crippen LogP contribution in [0.15, 0.2) is 70.7 Å². The molecule has 0 radical (unpaired) electrons. The highest BCUT2D eigenvalue weighted by Crippen LogP contribution is 2.46. The minimum atomic E-state index is -4.83. The van der Waals surface area contributed by atoms with Gasteiger partial charge in [0.05, 0.1) is 5.92 Å². The average molecular weight is 471 g/mol. The van der Waals surface area contributed by atoms with Crippen molar-refractivity contribution >= 4 is 43.0 Å². The highest BCUT2D eigenvalue weighted by molar-refractivity contribution is 9.10. The zero-order chi connectivity index (χ0) is 21.0. The second-order valence-electron chi connectivity index (χ2n) is 6.92. The predicted molar refractivity (Wildman–Crippen MR) is 105 cm³/mol. The Kier molecular flexibility index (Phi) is 4.76. The lowest BCUT2D eigenvalue weighted by Crippen LogP contribution is -2.27. The summed E-state index contributed by atoms with van der Waals surface area (Å²) in [5.74, 6) is -2.19. The fraction of sp³-hybridized carbons (Fsp3) is 0.182. The number of allylic oxidation sites excluding steroid dienone is 4. The van der Waals surface area contributed by atoms with E-state index in [1.165, 1.54) is 0 Å². The fourth-order valence-corrected chi connectivity index (χ4v) is 4.45. The third kappa shape index (κ3) is 3.56. The Hall–Kier alpha value is -2.28. The van der Waals surface area contributed by atoms with Crippen molar-refractivity contribution in [3.63, 3.8) is 0 Å². The van der Waals surface area contributed by atoms with Crippen molar-refractivity contribution in [2.24, 2.45) is 5.92 Å². The van der Waals surface area contributed by atoms with Gasteiger partial charge in [0, 0.05) is 10.0 Å². The summed E-state index contributed by atoms with van der Waals surface area (Å²) in [5.41, 5.74) is -0.866. The molecule has 0 bridgehead atoms. The van der Waals surface area contributed by atoms with E-state index in [0.29, 0.717) is 16.3 Å². The van der Waals surface area contributed by atoms with Gasteiger partial charge in [-0.05, 0) is 61.1 Å². The quantitative estimate of drug-likeness (QED) is 0.248. The SMILES string of the molecule is FC(F)(F)C1=CC(c2c3ccccc3c(Br)c3ccccc23)=CC(C(F)(F)F)C1. The minimum Gasteiger partial charge on any atom is -0.170 e. The first-order chi connectivity index (χ1) is 13.6. The van der Waals surface area contributed by atoms with Gasteiger partial charge in [0.25, 0.3) is 0 Å². The van der Waals surface area contributed by atoms with E-state index >= 15 is 0 Å². The van der Waals surface area contributed by atoms with Gasteiger partial charge in [-0.1, -0.05) is 54.6 Å². The number of fused-ring (bicyclic) bond motifs is 2. The zero-order valence-electron chi connectivity index (χ0n) is 14.7. The van der Waals surface area contributed by atoms with E-state index in [1.54, 1.807) is 48.5 Å². The van der Waals surface area contributed by atoms with Gasteiger partial charge >= 0.3 is 12.4 Å². The first-order valence-corrected chi connectivity index (χ1v) is 9.52. The molecule has 0 aliphatic heterocycles. The maximum absolute atomic E-state index is 13.4. The predicted octanol–water partition coefficient (Wildman–Crippen LogP) is 8.21. The largest absolute Gasteiger partial charge is 0.412 e. The van der Waals surface area contributed by atoms with Crippen molar-refractivity contribution in [2.75, 3.05) is 0 Å². The van der Waals surface area contributed by atoms with Crippen molar-refractivity contribution in [3.05, 3.63) is 76.3 Å². The molecule has 0 spiro atoms. The monoisotopic (exact) mass is 470 g/mol. The fourth-order valence-electron chi connectivity index (χ4n) is 3.76. The number of benzene rings is 3. The summed E-state index contributed by atoms with van der Waals surface area (Å²) in [5, 5.41) is 2.62. The number of halogens is 7. The third-order valence-corrected chi connectivity index (χ3v) is 5.94. The molecule has 0 fully saturated rings. The Labute approximate surface area is 170 Å². The maximum atomic E-state index is 13.4. The van der Waals surface area contributed by atoms with Crippen LogP contribution in [-0.2, 0) is 0 Å². The van der Waals surface area contributed by atoms with Gasteiger partial charge in [-0.15, -0.1) is 0 Å². The summed E-state index contributed by atoms with van der Waals surface area (Å²) in [6, 6.07) is 14.0. The summed E-state index contributed by atoms with van der Waals surface area (Å²) >= 11 is 3.53. The first-order valence-electron chi connectivity index (χ1n) is 8.73. The van der Waals surface area contributed by atoms with E-state index in [9.17, 15) is 26.3 Å². The maximum Gasteiger partial charge on any atom is 0.412 e. The summed E-state index contributed by atoms with van der Waals surface area (Å²) in [7, 11) is 0. The molecule has 3 aromatic rings. The molecule has 0 N–H and O–H groups in total. The topological polar surface area (TPSA) is 0 Å². The Morgan fingerprint density at radius 1 is 0.759 bits per heavy atom. The van der Waals surface area contributed by atoms with Gasteiger partial charge in [-0.3, -0.25) is 0 Å². The van der Waals surface area contributed by atoms with Crippen molar-refractivity contribution in [1.82, 2.24) is 0 Å². The second kappa shape index (κ2) is 6.90. The molecule has 29 heavy (non-hydrogen) atoms. The van der Waals surface area contributed by atoms with Crippen LogP contribution >= 0.6 is 15.9 Å². The average Bonchev–Trinajstić information content (AvgIpc) is 2.67. The number of hydrogen-bond donors (Lipinski definition) is 0. The normalized spacial score (nSPS) is 18.1. The van der Waals surface area contributed by atoms with Crippen LogP contribution in [0.5, 0.6) is 0 Å². The molecule has 0 nitrogen and oxygen atoms in total. The van der Waals surface area contributed by atoms with E-state index in [2.05, 4.69) is 15.9 Å². The van der Waals surface area contributed by atoms with Crippen molar-refractivity contribution in [1.29, 1.82) is 0 Å². The number of rotatable bonds is 1.